The van der Waals surface area contributed by atoms with E-state index in [-0.39, 0.29) is 17.0 Å². The number of halogens is 3. The number of carbonyl (C=O) groups excluding carboxylic acids is 1. The van der Waals surface area contributed by atoms with E-state index in [2.05, 4.69) is 15.0 Å². The van der Waals surface area contributed by atoms with E-state index < -0.39 is 24.3 Å². The molecule has 1 heterocycles. The predicted molar refractivity (Wildman–Crippen MR) is 80.2 cm³/mol. The number of benzene rings is 1. The molecule has 1 atom stereocenters. The van der Waals surface area contributed by atoms with Crippen LogP contribution in [0.5, 0.6) is 5.75 Å². The molecule has 0 saturated carbocycles. The zero-order chi connectivity index (χ0) is 18.6. The van der Waals surface area contributed by atoms with E-state index in [1.807, 2.05) is 0 Å². The van der Waals surface area contributed by atoms with Crippen LogP contribution in [0.4, 0.5) is 13.2 Å². The van der Waals surface area contributed by atoms with Gasteiger partial charge in [0, 0.05) is 6.20 Å². The Labute approximate surface area is 140 Å². The first-order chi connectivity index (χ1) is 11.7. The van der Waals surface area contributed by atoms with Crippen LogP contribution >= 0.6 is 0 Å². The van der Waals surface area contributed by atoms with E-state index in [1.54, 1.807) is 6.92 Å². The van der Waals surface area contributed by atoms with E-state index in [0.717, 1.165) is 18.3 Å². The number of nitrogens with one attached hydrogen (secondary N) is 1. The maximum Gasteiger partial charge on any atom is 0.573 e. The summed E-state index contributed by atoms with van der Waals surface area (Å²) in [4.78, 5) is 26.4. The van der Waals surface area contributed by atoms with Crippen LogP contribution in [-0.2, 0) is 0 Å². The average molecular weight is 354 g/mol. The molecule has 1 unspecified atom stereocenters. The monoisotopic (exact) mass is 354 g/mol. The van der Waals surface area contributed by atoms with Crippen molar-refractivity contribution in [3.05, 3.63) is 59.4 Å². The first-order valence-corrected chi connectivity index (χ1v) is 7.01. The SMILES string of the molecule is CC(NC(=O)c1ccc(C(=O)O)nc1)c1ccc(OC(F)(F)F)cc1. The van der Waals surface area contributed by atoms with Crippen LogP contribution in [0.15, 0.2) is 42.6 Å². The third kappa shape index (κ3) is 5.20. The molecule has 132 valence electrons. The van der Waals surface area contributed by atoms with Crippen LogP contribution in [0, 0.1) is 0 Å². The number of aromatic carboxylic acids is 1. The number of hydrogen-bond donors (Lipinski definition) is 2. The maximum atomic E-state index is 12.1. The average Bonchev–Trinajstić information content (AvgIpc) is 2.54. The van der Waals surface area contributed by atoms with Gasteiger partial charge in [0.05, 0.1) is 11.6 Å². The molecule has 1 amide bonds. The first kappa shape index (κ1) is 18.2. The lowest BCUT2D eigenvalue weighted by Crippen LogP contribution is -2.26. The number of aromatic nitrogens is 1. The van der Waals surface area contributed by atoms with E-state index >= 15 is 0 Å². The molecule has 1 aromatic heterocycles. The van der Waals surface area contributed by atoms with Crippen LogP contribution < -0.4 is 10.1 Å². The van der Waals surface area contributed by atoms with Crippen molar-refractivity contribution in [1.82, 2.24) is 10.3 Å². The van der Waals surface area contributed by atoms with Crippen LogP contribution in [0.3, 0.4) is 0 Å². The number of alkyl halides is 3. The van der Waals surface area contributed by atoms with Gasteiger partial charge in [-0.1, -0.05) is 12.1 Å². The highest BCUT2D eigenvalue weighted by Gasteiger charge is 2.31. The molecule has 2 rings (SSSR count). The predicted octanol–water partition coefficient (Wildman–Crippen LogP) is 3.17. The molecule has 25 heavy (non-hydrogen) atoms. The van der Waals surface area contributed by atoms with Gasteiger partial charge in [0.15, 0.2) is 0 Å². The number of carbonyl (C=O) groups is 2. The molecule has 0 aliphatic carbocycles. The van der Waals surface area contributed by atoms with Crippen LogP contribution in [0.2, 0.25) is 0 Å². The summed E-state index contributed by atoms with van der Waals surface area (Å²) in [6.45, 7) is 1.65. The third-order valence-corrected chi connectivity index (χ3v) is 3.21. The van der Waals surface area contributed by atoms with Gasteiger partial charge >= 0.3 is 12.3 Å². The number of pyridine rings is 1. The van der Waals surface area contributed by atoms with Crippen molar-refractivity contribution in [3.63, 3.8) is 0 Å². The fourth-order valence-electron chi connectivity index (χ4n) is 1.98. The van der Waals surface area contributed by atoms with Gasteiger partial charge in [-0.05, 0) is 36.8 Å². The topological polar surface area (TPSA) is 88.5 Å². The molecule has 0 saturated heterocycles. The van der Waals surface area contributed by atoms with E-state index in [9.17, 15) is 22.8 Å². The molecule has 6 nitrogen and oxygen atoms in total. The molecule has 0 aliphatic rings. The largest absolute Gasteiger partial charge is 0.573 e. The number of carboxylic acids is 1. The summed E-state index contributed by atoms with van der Waals surface area (Å²) in [7, 11) is 0. The normalized spacial score (nSPS) is 12.3. The van der Waals surface area contributed by atoms with Crippen molar-refractivity contribution in [3.8, 4) is 5.75 Å². The molecule has 2 aromatic rings. The lowest BCUT2D eigenvalue weighted by atomic mass is 10.1. The third-order valence-electron chi connectivity index (χ3n) is 3.21. The minimum atomic E-state index is -4.77. The summed E-state index contributed by atoms with van der Waals surface area (Å²) in [5, 5.41) is 11.4. The van der Waals surface area contributed by atoms with Crippen LogP contribution in [-0.4, -0.2) is 28.3 Å². The second-order valence-corrected chi connectivity index (χ2v) is 5.05. The quantitative estimate of drug-likeness (QED) is 0.861. The Morgan fingerprint density at radius 2 is 1.80 bits per heavy atom. The Balaban J connectivity index is 2.02. The van der Waals surface area contributed by atoms with Crippen molar-refractivity contribution in [2.75, 3.05) is 0 Å². The first-order valence-electron chi connectivity index (χ1n) is 7.01. The van der Waals surface area contributed by atoms with E-state index in [0.29, 0.717) is 5.56 Å². The number of nitrogens with zero attached hydrogens (tertiary/aromatic N) is 1. The van der Waals surface area contributed by atoms with Crippen LogP contribution in [0.1, 0.15) is 39.4 Å². The van der Waals surface area contributed by atoms with E-state index in [4.69, 9.17) is 5.11 Å². The Kier molecular flexibility index (Phi) is 5.26. The summed E-state index contributed by atoms with van der Waals surface area (Å²) < 4.78 is 40.1. The van der Waals surface area contributed by atoms with E-state index in [1.165, 1.54) is 24.3 Å². The standard InChI is InChI=1S/C16H13F3N2O4/c1-9(10-2-5-12(6-3-10)25-16(17,18)19)21-14(22)11-4-7-13(15(23)24)20-8-11/h2-9H,1H3,(H,21,22)(H,23,24). The molecule has 1 aromatic carbocycles. The maximum absolute atomic E-state index is 12.1. The Morgan fingerprint density at radius 3 is 2.28 bits per heavy atom. The van der Waals surface area contributed by atoms with Crippen LogP contribution in [0.25, 0.3) is 0 Å². The summed E-state index contributed by atoms with van der Waals surface area (Å²) >= 11 is 0. The van der Waals surface area contributed by atoms with Crippen molar-refractivity contribution < 1.29 is 32.6 Å². The van der Waals surface area contributed by atoms with Crippen molar-refractivity contribution >= 4 is 11.9 Å². The number of carboxylic acid groups (broad SMARTS) is 1. The lowest BCUT2D eigenvalue weighted by Gasteiger charge is -2.15. The van der Waals surface area contributed by atoms with Gasteiger partial charge < -0.3 is 15.2 Å². The summed E-state index contributed by atoms with van der Waals surface area (Å²) in [5.74, 6) is -2.06. The number of rotatable bonds is 5. The van der Waals surface area contributed by atoms with Gasteiger partial charge in [-0.25, -0.2) is 9.78 Å². The Hall–Kier alpha value is -3.10. The van der Waals surface area contributed by atoms with Crippen molar-refractivity contribution in [1.29, 1.82) is 0 Å². The molecule has 0 bridgehead atoms. The van der Waals surface area contributed by atoms with Gasteiger partial charge in [-0.2, -0.15) is 0 Å². The summed E-state index contributed by atoms with van der Waals surface area (Å²) in [6.07, 6.45) is -3.64. The van der Waals surface area contributed by atoms with Gasteiger partial charge in [0.25, 0.3) is 5.91 Å². The smallest absolute Gasteiger partial charge is 0.477 e. The Morgan fingerprint density at radius 1 is 1.16 bits per heavy atom. The fourth-order valence-corrected chi connectivity index (χ4v) is 1.98. The minimum absolute atomic E-state index is 0.161. The molecule has 0 fully saturated rings. The fraction of sp³-hybridized carbons (Fsp3) is 0.188. The second-order valence-electron chi connectivity index (χ2n) is 5.05. The molecular formula is C16H13F3N2O4. The number of amides is 1. The molecule has 2 N–H and O–H groups in total. The highest BCUT2D eigenvalue weighted by molar-refractivity contribution is 5.95. The number of ether oxygens (including phenoxy) is 1. The van der Waals surface area contributed by atoms with Crippen molar-refractivity contribution in [2.45, 2.75) is 19.3 Å². The second kappa shape index (κ2) is 7.20. The Bertz CT molecular complexity index is 758. The minimum Gasteiger partial charge on any atom is -0.477 e. The summed E-state index contributed by atoms with van der Waals surface area (Å²) in [6, 6.07) is 7.12. The lowest BCUT2D eigenvalue weighted by molar-refractivity contribution is -0.274. The zero-order valence-corrected chi connectivity index (χ0v) is 12.9. The van der Waals surface area contributed by atoms with Crippen molar-refractivity contribution in [2.24, 2.45) is 0 Å². The molecular weight excluding hydrogens is 341 g/mol. The molecule has 0 spiro atoms. The number of hydrogen-bond acceptors (Lipinski definition) is 4. The molecule has 0 aliphatic heterocycles. The molecule has 0 radical (unpaired) electrons. The van der Waals surface area contributed by atoms with Gasteiger partial charge in [-0.3, -0.25) is 4.79 Å². The molecule has 9 heteroatoms. The zero-order valence-electron chi connectivity index (χ0n) is 12.9. The van der Waals surface area contributed by atoms with Gasteiger partial charge in [-0.15, -0.1) is 13.2 Å². The summed E-state index contributed by atoms with van der Waals surface area (Å²) in [5.41, 5.74) is 0.539. The highest BCUT2D eigenvalue weighted by Crippen LogP contribution is 2.24. The van der Waals surface area contributed by atoms with Gasteiger partial charge in [0.2, 0.25) is 0 Å². The van der Waals surface area contributed by atoms with Gasteiger partial charge in [0.1, 0.15) is 11.4 Å². The highest BCUT2D eigenvalue weighted by atomic mass is 19.4.